The first-order chi connectivity index (χ1) is 9.52. The predicted octanol–water partition coefficient (Wildman–Crippen LogP) is 0.363. The lowest BCUT2D eigenvalue weighted by Crippen LogP contribution is -2.44. The number of rotatable bonds is 5. The van der Waals surface area contributed by atoms with E-state index in [1.165, 1.54) is 0 Å². The van der Waals surface area contributed by atoms with Gasteiger partial charge in [-0.15, -0.1) is 0 Å². The van der Waals surface area contributed by atoms with Gasteiger partial charge in [-0.05, 0) is 11.2 Å². The summed E-state index contributed by atoms with van der Waals surface area (Å²) < 4.78 is 28.8. The van der Waals surface area contributed by atoms with Crippen molar-refractivity contribution in [3.05, 3.63) is 36.9 Å². The first-order valence-corrected chi connectivity index (χ1v) is 7.53. The Balaban J connectivity index is 2.16. The van der Waals surface area contributed by atoms with E-state index in [9.17, 15) is 8.42 Å². The van der Waals surface area contributed by atoms with Crippen molar-refractivity contribution in [3.63, 3.8) is 0 Å². The van der Waals surface area contributed by atoms with Crippen LogP contribution in [0.15, 0.2) is 36.9 Å². The summed E-state index contributed by atoms with van der Waals surface area (Å²) in [5.41, 5.74) is 0.767. The van der Waals surface area contributed by atoms with Crippen molar-refractivity contribution in [3.8, 4) is 11.4 Å². The Labute approximate surface area is 117 Å². The maximum atomic E-state index is 11.4. The number of hydrogen-bond donors (Lipinski definition) is 0. The quantitative estimate of drug-likeness (QED) is 0.585. The van der Waals surface area contributed by atoms with Crippen LogP contribution >= 0.6 is 0 Å². The van der Waals surface area contributed by atoms with Crippen LogP contribution in [0.1, 0.15) is 13.0 Å². The Kier molecular flexibility index (Phi) is 4.35. The van der Waals surface area contributed by atoms with Gasteiger partial charge in [-0.3, -0.25) is 4.18 Å². The van der Waals surface area contributed by atoms with Crippen molar-refractivity contribution in [1.29, 1.82) is 0 Å². The number of nitrogens with zero attached hydrogens (tertiary/aromatic N) is 4. The van der Waals surface area contributed by atoms with Gasteiger partial charge in [-0.2, -0.15) is 8.42 Å². The summed E-state index contributed by atoms with van der Waals surface area (Å²) in [6, 6.07) is 3.20. The summed E-state index contributed by atoms with van der Waals surface area (Å²) in [4.78, 5) is 8.24. The molecule has 1 atom stereocenters. The van der Waals surface area contributed by atoms with E-state index >= 15 is 0 Å². The summed E-state index contributed by atoms with van der Waals surface area (Å²) in [5.74, 6) is 0.437. The fraction of sp³-hybridized carbons (Fsp3) is 0.333. The highest BCUT2D eigenvalue weighted by molar-refractivity contribution is 7.86. The molecule has 0 fully saturated rings. The lowest BCUT2D eigenvalue weighted by atomic mass is 10.3. The normalized spacial score (nSPS) is 13.1. The molecule has 0 radical (unpaired) electrons. The summed E-state index contributed by atoms with van der Waals surface area (Å²) in [6.45, 7) is 1.75. The van der Waals surface area contributed by atoms with Gasteiger partial charge in [0.25, 0.3) is 10.1 Å². The second-order valence-corrected chi connectivity index (χ2v) is 5.99. The molecule has 0 aliphatic rings. The average molecular weight is 295 g/mol. The zero-order chi connectivity index (χ0) is 14.6. The second-order valence-electron chi connectivity index (χ2n) is 4.21. The zero-order valence-corrected chi connectivity index (χ0v) is 12.0. The largest absolute Gasteiger partial charge is 0.273 e. The fourth-order valence-corrected chi connectivity index (χ4v) is 2.53. The van der Waals surface area contributed by atoms with E-state index in [-0.39, 0.29) is 11.8 Å². The van der Waals surface area contributed by atoms with Gasteiger partial charge in [0, 0.05) is 30.9 Å². The third-order valence-corrected chi connectivity index (χ3v) is 4.11. The van der Waals surface area contributed by atoms with Gasteiger partial charge in [0.1, 0.15) is 11.9 Å². The van der Waals surface area contributed by atoms with E-state index in [0.29, 0.717) is 5.82 Å². The maximum absolute atomic E-state index is 11.4. The van der Waals surface area contributed by atoms with Crippen molar-refractivity contribution in [2.45, 2.75) is 13.0 Å². The lowest BCUT2D eigenvalue weighted by Gasteiger charge is -2.05. The Hall–Kier alpha value is -1.93. The Bertz CT molecular complexity index is 659. The molecule has 1 unspecified atom stereocenters. The van der Waals surface area contributed by atoms with Crippen LogP contribution in [0.5, 0.6) is 0 Å². The van der Waals surface area contributed by atoms with Gasteiger partial charge < -0.3 is 0 Å². The van der Waals surface area contributed by atoms with Crippen LogP contribution < -0.4 is 4.68 Å². The molecule has 2 heterocycles. The van der Waals surface area contributed by atoms with Gasteiger partial charge in [-0.25, -0.2) is 9.97 Å². The van der Waals surface area contributed by atoms with Crippen molar-refractivity contribution in [1.82, 2.24) is 15.1 Å². The molecule has 0 aliphatic heterocycles. The van der Waals surface area contributed by atoms with E-state index < -0.39 is 10.1 Å². The van der Waals surface area contributed by atoms with E-state index in [1.54, 1.807) is 48.5 Å². The van der Waals surface area contributed by atoms with Gasteiger partial charge in [0.05, 0.1) is 7.11 Å². The molecular weight excluding hydrogens is 280 g/mol. The van der Waals surface area contributed by atoms with Gasteiger partial charge in [-0.1, -0.05) is 4.68 Å². The molecule has 0 saturated carbocycles. The van der Waals surface area contributed by atoms with Crippen molar-refractivity contribution < 1.29 is 17.3 Å². The monoisotopic (exact) mass is 295 g/mol. The molecule has 0 aromatic carbocycles. The molecule has 2 aromatic heterocycles. The molecule has 0 bridgehead atoms. The third-order valence-electron chi connectivity index (χ3n) is 2.71. The van der Waals surface area contributed by atoms with Crippen LogP contribution in [-0.4, -0.2) is 36.3 Å². The second kappa shape index (κ2) is 6.02. The van der Waals surface area contributed by atoms with Crippen LogP contribution in [0.25, 0.3) is 11.4 Å². The van der Waals surface area contributed by atoms with Crippen molar-refractivity contribution in [2.75, 3.05) is 12.9 Å². The highest BCUT2D eigenvalue weighted by Crippen LogP contribution is 2.10. The molecule has 2 rings (SSSR count). The first kappa shape index (κ1) is 14.5. The first-order valence-electron chi connectivity index (χ1n) is 5.95. The van der Waals surface area contributed by atoms with E-state index in [1.807, 2.05) is 0 Å². The van der Waals surface area contributed by atoms with Gasteiger partial charge >= 0.3 is 0 Å². The van der Waals surface area contributed by atoms with E-state index in [4.69, 9.17) is 0 Å². The van der Waals surface area contributed by atoms with Crippen LogP contribution in [0.3, 0.4) is 0 Å². The highest BCUT2D eigenvalue weighted by Gasteiger charge is 2.23. The predicted molar refractivity (Wildman–Crippen MR) is 71.0 cm³/mol. The van der Waals surface area contributed by atoms with Crippen LogP contribution in [0.2, 0.25) is 0 Å². The Morgan fingerprint density at radius 1 is 1.35 bits per heavy atom. The molecule has 7 nitrogen and oxygen atoms in total. The van der Waals surface area contributed by atoms with E-state index in [2.05, 4.69) is 19.2 Å². The van der Waals surface area contributed by atoms with E-state index in [0.717, 1.165) is 12.7 Å². The molecule has 0 saturated heterocycles. The standard InChI is InChI=1S/C12H15N4O3S/c1-10(9-20(17,18)19-2)16-7-4-11(8-15-16)12-13-5-3-6-14-12/h3-8,10H,9H2,1-2H3/q+1. The molecule has 8 heteroatoms. The summed E-state index contributed by atoms with van der Waals surface area (Å²) in [7, 11) is -2.37. The smallest absolute Gasteiger partial charge is 0.273 e. The highest BCUT2D eigenvalue weighted by atomic mass is 32.2. The van der Waals surface area contributed by atoms with Gasteiger partial charge in [0.2, 0.25) is 0 Å². The Morgan fingerprint density at radius 2 is 2.05 bits per heavy atom. The molecule has 0 amide bonds. The third kappa shape index (κ3) is 3.55. The summed E-state index contributed by atoms with van der Waals surface area (Å²) in [5, 5.41) is 4.19. The molecular formula is C12H15N4O3S+. The SMILES string of the molecule is COS(=O)(=O)CC(C)[n+]1ccc(-c2ncccn2)cn1. The van der Waals surface area contributed by atoms with Crippen LogP contribution in [0, 0.1) is 0 Å². The Morgan fingerprint density at radius 3 is 2.60 bits per heavy atom. The maximum Gasteiger partial charge on any atom is 0.273 e. The summed E-state index contributed by atoms with van der Waals surface area (Å²) in [6.07, 6.45) is 6.60. The topological polar surface area (TPSA) is 85.9 Å². The molecule has 2 aromatic rings. The minimum absolute atomic E-state index is 0.137. The summed E-state index contributed by atoms with van der Waals surface area (Å²) >= 11 is 0. The van der Waals surface area contributed by atoms with Gasteiger partial charge in [0.15, 0.2) is 18.1 Å². The van der Waals surface area contributed by atoms with Crippen molar-refractivity contribution >= 4 is 10.1 Å². The zero-order valence-electron chi connectivity index (χ0n) is 11.2. The molecule has 20 heavy (non-hydrogen) atoms. The molecule has 0 N–H and O–H groups in total. The molecule has 0 aliphatic carbocycles. The van der Waals surface area contributed by atoms with Crippen LogP contribution in [0.4, 0.5) is 0 Å². The minimum Gasteiger partial charge on any atom is -0.273 e. The molecule has 0 spiro atoms. The number of hydrogen-bond acceptors (Lipinski definition) is 6. The average Bonchev–Trinajstić information content (AvgIpc) is 2.48. The minimum atomic E-state index is -3.51. The fourth-order valence-electron chi connectivity index (χ4n) is 1.65. The molecule has 106 valence electrons. The number of aromatic nitrogens is 4. The van der Waals surface area contributed by atoms with Crippen molar-refractivity contribution in [2.24, 2.45) is 0 Å². The lowest BCUT2D eigenvalue weighted by molar-refractivity contribution is -0.770. The van der Waals surface area contributed by atoms with Crippen LogP contribution in [-0.2, 0) is 14.3 Å².